The number of amides is 1. The van der Waals surface area contributed by atoms with Gasteiger partial charge in [-0.3, -0.25) is 9.78 Å². The molecule has 2 rings (SSSR count). The van der Waals surface area contributed by atoms with Crippen molar-refractivity contribution in [2.75, 3.05) is 5.32 Å². The number of aromatic amines is 1. The maximum absolute atomic E-state index is 10.3. The molecular weight excluding hydrogens is 180 g/mol. The van der Waals surface area contributed by atoms with Crippen LogP contribution < -0.4 is 5.32 Å². The van der Waals surface area contributed by atoms with Crippen LogP contribution in [0.3, 0.4) is 0 Å². The third-order valence-corrected chi connectivity index (χ3v) is 1.79. The lowest BCUT2D eigenvalue weighted by molar-refractivity contribution is -0.105. The number of pyridine rings is 1. The lowest BCUT2D eigenvalue weighted by Crippen LogP contribution is -1.97. The van der Waals surface area contributed by atoms with Crippen molar-refractivity contribution in [3.63, 3.8) is 0 Å². The zero-order valence-electron chi connectivity index (χ0n) is 7.27. The first-order valence-electron chi connectivity index (χ1n) is 4.06. The maximum Gasteiger partial charge on any atom is 0.211 e. The zero-order chi connectivity index (χ0) is 9.80. The average molecular weight is 188 g/mol. The summed E-state index contributed by atoms with van der Waals surface area (Å²) < 4.78 is 0. The van der Waals surface area contributed by atoms with E-state index < -0.39 is 0 Å². The van der Waals surface area contributed by atoms with Gasteiger partial charge in [0.05, 0.1) is 11.9 Å². The Morgan fingerprint density at radius 1 is 1.43 bits per heavy atom. The van der Waals surface area contributed by atoms with Crippen LogP contribution in [0.25, 0.3) is 11.4 Å². The summed E-state index contributed by atoms with van der Waals surface area (Å²) in [5, 5.41) is 2.56. The first kappa shape index (κ1) is 8.43. The van der Waals surface area contributed by atoms with Crippen LogP contribution in [0.15, 0.2) is 30.9 Å². The standard InChI is InChI=1S/C9H8N4O/c14-6-13-8-5-10-2-1-7(8)9-11-3-4-12-9/h1-6H,(H,11,12)(H,13,14). The van der Waals surface area contributed by atoms with Gasteiger partial charge in [0.25, 0.3) is 0 Å². The van der Waals surface area contributed by atoms with E-state index in [0.29, 0.717) is 17.9 Å². The molecule has 2 N–H and O–H groups in total. The molecular formula is C9H8N4O. The van der Waals surface area contributed by atoms with Gasteiger partial charge < -0.3 is 10.3 Å². The molecule has 0 spiro atoms. The van der Waals surface area contributed by atoms with E-state index in [1.54, 1.807) is 30.9 Å². The molecule has 0 fully saturated rings. The molecule has 5 heteroatoms. The highest BCUT2D eigenvalue weighted by Gasteiger charge is 2.05. The van der Waals surface area contributed by atoms with Crippen LogP contribution in [0.4, 0.5) is 5.69 Å². The van der Waals surface area contributed by atoms with Crippen LogP contribution in [-0.2, 0) is 4.79 Å². The Balaban J connectivity index is 2.46. The highest BCUT2D eigenvalue weighted by Crippen LogP contribution is 2.22. The topological polar surface area (TPSA) is 70.7 Å². The van der Waals surface area contributed by atoms with E-state index in [1.165, 1.54) is 0 Å². The number of carbonyl (C=O) groups excluding carboxylic acids is 1. The van der Waals surface area contributed by atoms with Crippen LogP contribution in [0.2, 0.25) is 0 Å². The number of anilines is 1. The monoisotopic (exact) mass is 188 g/mol. The van der Waals surface area contributed by atoms with Crippen LogP contribution in [0, 0.1) is 0 Å². The number of imidazole rings is 1. The van der Waals surface area contributed by atoms with Crippen LogP contribution in [-0.4, -0.2) is 21.4 Å². The lowest BCUT2D eigenvalue weighted by atomic mass is 10.2. The molecule has 2 aromatic heterocycles. The molecule has 0 unspecified atom stereocenters. The van der Waals surface area contributed by atoms with E-state index in [1.807, 2.05) is 0 Å². The van der Waals surface area contributed by atoms with Crippen LogP contribution in [0.5, 0.6) is 0 Å². The molecule has 2 aromatic rings. The Labute approximate surface area is 80.2 Å². The molecule has 0 aromatic carbocycles. The summed E-state index contributed by atoms with van der Waals surface area (Å²) in [5.41, 5.74) is 1.45. The molecule has 1 amide bonds. The van der Waals surface area contributed by atoms with E-state index in [2.05, 4.69) is 20.3 Å². The van der Waals surface area contributed by atoms with Crippen molar-refractivity contribution in [3.8, 4) is 11.4 Å². The van der Waals surface area contributed by atoms with E-state index in [0.717, 1.165) is 5.56 Å². The molecule has 0 saturated carbocycles. The summed E-state index contributed by atoms with van der Waals surface area (Å²) >= 11 is 0. The summed E-state index contributed by atoms with van der Waals surface area (Å²) in [7, 11) is 0. The molecule has 0 aliphatic carbocycles. The number of hydrogen-bond acceptors (Lipinski definition) is 3. The molecule has 2 heterocycles. The largest absolute Gasteiger partial charge is 0.345 e. The molecule has 0 radical (unpaired) electrons. The second-order valence-electron chi connectivity index (χ2n) is 2.62. The van der Waals surface area contributed by atoms with E-state index >= 15 is 0 Å². The molecule has 0 atom stereocenters. The van der Waals surface area contributed by atoms with Gasteiger partial charge in [0, 0.05) is 24.2 Å². The molecule has 5 nitrogen and oxygen atoms in total. The number of nitrogens with one attached hydrogen (secondary N) is 2. The fourth-order valence-electron chi connectivity index (χ4n) is 1.19. The lowest BCUT2D eigenvalue weighted by Gasteiger charge is -2.03. The number of carbonyl (C=O) groups is 1. The Kier molecular flexibility index (Phi) is 2.22. The third-order valence-electron chi connectivity index (χ3n) is 1.79. The first-order chi connectivity index (χ1) is 6.92. The Morgan fingerprint density at radius 3 is 3.07 bits per heavy atom. The summed E-state index contributed by atoms with van der Waals surface area (Å²) in [6.07, 6.45) is 7.21. The van der Waals surface area contributed by atoms with Crippen molar-refractivity contribution in [1.29, 1.82) is 0 Å². The minimum absolute atomic E-state index is 0.615. The number of aromatic nitrogens is 3. The molecule has 14 heavy (non-hydrogen) atoms. The van der Waals surface area contributed by atoms with Crippen molar-refractivity contribution in [1.82, 2.24) is 15.0 Å². The molecule has 0 bridgehead atoms. The van der Waals surface area contributed by atoms with Crippen LogP contribution >= 0.6 is 0 Å². The van der Waals surface area contributed by atoms with Crippen LogP contribution in [0.1, 0.15) is 0 Å². The number of nitrogens with zero attached hydrogens (tertiary/aromatic N) is 2. The minimum atomic E-state index is 0.615. The molecule has 0 aliphatic heterocycles. The summed E-state index contributed by atoms with van der Waals surface area (Å²) in [6.45, 7) is 0. The maximum atomic E-state index is 10.3. The van der Waals surface area contributed by atoms with E-state index in [-0.39, 0.29) is 0 Å². The molecule has 70 valence electrons. The Bertz CT molecular complexity index is 424. The number of hydrogen-bond donors (Lipinski definition) is 2. The first-order valence-corrected chi connectivity index (χ1v) is 4.06. The predicted molar refractivity (Wildman–Crippen MR) is 51.5 cm³/mol. The van der Waals surface area contributed by atoms with E-state index in [4.69, 9.17) is 0 Å². The van der Waals surface area contributed by atoms with Gasteiger partial charge in [-0.2, -0.15) is 0 Å². The second kappa shape index (κ2) is 3.69. The van der Waals surface area contributed by atoms with Crippen molar-refractivity contribution in [3.05, 3.63) is 30.9 Å². The quantitative estimate of drug-likeness (QED) is 0.707. The van der Waals surface area contributed by atoms with E-state index in [9.17, 15) is 4.79 Å². The second-order valence-corrected chi connectivity index (χ2v) is 2.62. The van der Waals surface area contributed by atoms with Crippen molar-refractivity contribution < 1.29 is 4.79 Å². The third kappa shape index (κ3) is 1.47. The van der Waals surface area contributed by atoms with Gasteiger partial charge in [0.1, 0.15) is 5.82 Å². The van der Waals surface area contributed by atoms with Gasteiger partial charge in [0.15, 0.2) is 0 Å². The number of H-pyrrole nitrogens is 1. The van der Waals surface area contributed by atoms with Crippen molar-refractivity contribution in [2.45, 2.75) is 0 Å². The van der Waals surface area contributed by atoms with Gasteiger partial charge in [-0.25, -0.2) is 4.98 Å². The SMILES string of the molecule is O=CNc1cnccc1-c1ncc[nH]1. The highest BCUT2D eigenvalue weighted by molar-refractivity contribution is 5.81. The van der Waals surface area contributed by atoms with Gasteiger partial charge in [-0.05, 0) is 6.07 Å². The highest BCUT2D eigenvalue weighted by atomic mass is 16.1. The van der Waals surface area contributed by atoms with Gasteiger partial charge in [0.2, 0.25) is 6.41 Å². The Morgan fingerprint density at radius 2 is 2.36 bits per heavy atom. The van der Waals surface area contributed by atoms with Gasteiger partial charge in [-0.1, -0.05) is 0 Å². The van der Waals surface area contributed by atoms with Crippen molar-refractivity contribution in [2.24, 2.45) is 0 Å². The Hall–Kier alpha value is -2.17. The molecule has 0 saturated heterocycles. The molecule has 0 aliphatic rings. The zero-order valence-corrected chi connectivity index (χ0v) is 7.27. The predicted octanol–water partition coefficient (Wildman–Crippen LogP) is 1.04. The van der Waals surface area contributed by atoms with Gasteiger partial charge >= 0.3 is 0 Å². The smallest absolute Gasteiger partial charge is 0.211 e. The minimum Gasteiger partial charge on any atom is -0.345 e. The fourth-order valence-corrected chi connectivity index (χ4v) is 1.19. The van der Waals surface area contributed by atoms with Gasteiger partial charge in [-0.15, -0.1) is 0 Å². The number of rotatable bonds is 3. The normalized spacial score (nSPS) is 9.71. The fraction of sp³-hybridized carbons (Fsp3) is 0. The summed E-state index contributed by atoms with van der Waals surface area (Å²) in [4.78, 5) is 21.3. The average Bonchev–Trinajstić information content (AvgIpc) is 2.72. The summed E-state index contributed by atoms with van der Waals surface area (Å²) in [5.74, 6) is 0.705. The summed E-state index contributed by atoms with van der Waals surface area (Å²) in [6, 6.07) is 1.78. The van der Waals surface area contributed by atoms with Crippen molar-refractivity contribution >= 4 is 12.1 Å².